The van der Waals surface area contributed by atoms with Crippen LogP contribution in [0.4, 0.5) is 17.1 Å². The van der Waals surface area contributed by atoms with E-state index < -0.39 is 0 Å². The van der Waals surface area contributed by atoms with Crippen LogP contribution in [0.15, 0.2) is 180 Å². The molecular weight excluding hydrogens is 615 g/mol. The topological polar surface area (TPSA) is 16.4 Å². The maximum Gasteiger partial charge on any atom is 0.135 e. The van der Waals surface area contributed by atoms with Crippen molar-refractivity contribution in [3.63, 3.8) is 0 Å². The summed E-state index contributed by atoms with van der Waals surface area (Å²) in [6.07, 6.45) is 0. The monoisotopic (exact) mass is 643 g/mol. The quantitative estimate of drug-likeness (QED) is 0.186. The van der Waals surface area contributed by atoms with E-state index in [-0.39, 0.29) is 0 Å². The van der Waals surface area contributed by atoms with Gasteiger partial charge in [-0.15, -0.1) is 11.3 Å². The fourth-order valence-corrected chi connectivity index (χ4v) is 8.29. The number of furan rings is 1. The molecule has 0 saturated carbocycles. The number of thiophene rings is 1. The second-order valence-corrected chi connectivity index (χ2v) is 13.7. The summed E-state index contributed by atoms with van der Waals surface area (Å²) in [4.78, 5) is 2.38. The van der Waals surface area contributed by atoms with Crippen LogP contribution in [-0.4, -0.2) is 0 Å². The maximum absolute atomic E-state index is 6.14. The summed E-state index contributed by atoms with van der Waals surface area (Å²) in [5.74, 6) is 0. The number of para-hydroxylation sites is 1. The minimum Gasteiger partial charge on any atom is -0.456 e. The van der Waals surface area contributed by atoms with Gasteiger partial charge in [-0.2, -0.15) is 0 Å². The molecule has 0 N–H and O–H groups in total. The molecule has 0 aliphatic heterocycles. The fraction of sp³-hybridized carbons (Fsp3) is 0. The van der Waals surface area contributed by atoms with Gasteiger partial charge in [0.15, 0.2) is 0 Å². The zero-order valence-electron chi connectivity index (χ0n) is 26.5. The van der Waals surface area contributed by atoms with Gasteiger partial charge in [0, 0.05) is 48.0 Å². The first kappa shape index (κ1) is 27.9. The first-order valence-electron chi connectivity index (χ1n) is 16.6. The van der Waals surface area contributed by atoms with E-state index in [9.17, 15) is 0 Å². The van der Waals surface area contributed by atoms with Gasteiger partial charge < -0.3 is 9.32 Å². The second kappa shape index (κ2) is 11.2. The molecule has 49 heavy (non-hydrogen) atoms. The Bertz CT molecular complexity index is 2840. The molecule has 10 aromatic rings. The zero-order chi connectivity index (χ0) is 32.3. The van der Waals surface area contributed by atoms with Gasteiger partial charge in [-0.05, 0) is 106 Å². The maximum atomic E-state index is 6.14. The predicted molar refractivity (Wildman–Crippen MR) is 210 cm³/mol. The third-order valence-electron chi connectivity index (χ3n) is 9.64. The highest BCUT2D eigenvalue weighted by Crippen LogP contribution is 2.42. The van der Waals surface area contributed by atoms with Crippen molar-refractivity contribution in [3.05, 3.63) is 176 Å². The molecule has 0 fully saturated rings. The standard InChI is InChI=1S/C46H29NOS/c1-2-9-32-26-34(17-16-30(32)8-1)31-18-21-36(22-19-31)47(38-23-25-46-42(29-38)40-13-4-6-15-45(40)49-46)37-11-7-10-33(27-37)35-20-24-44-41(28-35)39-12-3-5-14-43(39)48-44/h1-29H. The third kappa shape index (κ3) is 4.78. The zero-order valence-corrected chi connectivity index (χ0v) is 27.3. The normalized spacial score (nSPS) is 11.7. The lowest BCUT2D eigenvalue weighted by Crippen LogP contribution is -2.10. The van der Waals surface area contributed by atoms with E-state index >= 15 is 0 Å². The lowest BCUT2D eigenvalue weighted by atomic mass is 10.00. The third-order valence-corrected chi connectivity index (χ3v) is 10.8. The Morgan fingerprint density at radius 2 is 1.00 bits per heavy atom. The van der Waals surface area contributed by atoms with Crippen LogP contribution < -0.4 is 4.90 Å². The smallest absolute Gasteiger partial charge is 0.135 e. The minimum atomic E-state index is 0.908. The van der Waals surface area contributed by atoms with Crippen molar-refractivity contribution < 1.29 is 4.42 Å². The molecule has 0 saturated heterocycles. The van der Waals surface area contributed by atoms with E-state index in [2.05, 4.69) is 169 Å². The molecule has 0 radical (unpaired) electrons. The summed E-state index contributed by atoms with van der Waals surface area (Å²) >= 11 is 1.85. The highest BCUT2D eigenvalue weighted by molar-refractivity contribution is 7.25. The fourth-order valence-electron chi connectivity index (χ4n) is 7.20. The van der Waals surface area contributed by atoms with Crippen LogP contribution in [0.25, 0.3) is 75.1 Å². The van der Waals surface area contributed by atoms with Crippen LogP contribution in [0.5, 0.6) is 0 Å². The number of nitrogens with zero attached hydrogens (tertiary/aromatic N) is 1. The molecule has 2 nitrogen and oxygen atoms in total. The Hall–Kier alpha value is -6.16. The van der Waals surface area contributed by atoms with E-state index in [0.717, 1.165) is 50.1 Å². The van der Waals surface area contributed by atoms with Crippen LogP contribution in [0.1, 0.15) is 0 Å². The van der Waals surface area contributed by atoms with Gasteiger partial charge in [-0.1, -0.05) is 103 Å². The summed E-state index contributed by atoms with van der Waals surface area (Å²) in [6, 6.07) is 63.4. The molecule has 8 aromatic carbocycles. The Kier molecular flexibility index (Phi) is 6.39. The summed E-state index contributed by atoms with van der Waals surface area (Å²) in [5.41, 5.74) is 9.89. The largest absolute Gasteiger partial charge is 0.456 e. The van der Waals surface area contributed by atoms with Crippen LogP contribution in [0.2, 0.25) is 0 Å². The van der Waals surface area contributed by atoms with Gasteiger partial charge in [0.05, 0.1) is 0 Å². The van der Waals surface area contributed by atoms with Crippen molar-refractivity contribution in [1.29, 1.82) is 0 Å². The highest BCUT2D eigenvalue weighted by Gasteiger charge is 2.17. The highest BCUT2D eigenvalue weighted by atomic mass is 32.1. The minimum absolute atomic E-state index is 0.908. The molecular formula is C46H29NOS. The summed E-state index contributed by atoms with van der Waals surface area (Å²) in [5, 5.41) is 7.36. The van der Waals surface area contributed by atoms with Gasteiger partial charge in [0.1, 0.15) is 11.2 Å². The molecule has 230 valence electrons. The lowest BCUT2D eigenvalue weighted by molar-refractivity contribution is 0.669. The van der Waals surface area contributed by atoms with Crippen molar-refractivity contribution in [3.8, 4) is 22.3 Å². The van der Waals surface area contributed by atoms with Gasteiger partial charge >= 0.3 is 0 Å². The Balaban J connectivity index is 1.11. The molecule has 0 amide bonds. The summed E-state index contributed by atoms with van der Waals surface area (Å²) in [7, 11) is 0. The molecule has 2 aromatic heterocycles. The molecule has 0 bridgehead atoms. The number of hydrogen-bond acceptors (Lipinski definition) is 3. The molecule has 10 rings (SSSR count). The number of rotatable bonds is 5. The van der Waals surface area contributed by atoms with E-state index in [1.807, 2.05) is 23.5 Å². The van der Waals surface area contributed by atoms with E-state index in [1.54, 1.807) is 0 Å². The molecule has 3 heteroatoms. The van der Waals surface area contributed by atoms with E-state index in [4.69, 9.17) is 4.42 Å². The van der Waals surface area contributed by atoms with Crippen LogP contribution in [0, 0.1) is 0 Å². The second-order valence-electron chi connectivity index (χ2n) is 12.6. The van der Waals surface area contributed by atoms with E-state index in [0.29, 0.717) is 0 Å². The van der Waals surface area contributed by atoms with Gasteiger partial charge in [-0.3, -0.25) is 0 Å². The van der Waals surface area contributed by atoms with Crippen molar-refractivity contribution >= 4 is 81.3 Å². The van der Waals surface area contributed by atoms with E-state index in [1.165, 1.54) is 42.1 Å². The predicted octanol–water partition coefficient (Wildman–Crippen LogP) is 13.9. The Morgan fingerprint density at radius 3 is 1.92 bits per heavy atom. The first-order valence-corrected chi connectivity index (χ1v) is 17.4. The van der Waals surface area contributed by atoms with Crippen molar-refractivity contribution in [1.82, 2.24) is 0 Å². The average Bonchev–Trinajstić information content (AvgIpc) is 3.73. The number of fused-ring (bicyclic) bond motifs is 7. The molecule has 0 unspecified atom stereocenters. The number of hydrogen-bond donors (Lipinski definition) is 0. The first-order chi connectivity index (χ1) is 24.2. The summed E-state index contributed by atoms with van der Waals surface area (Å²) < 4.78 is 8.74. The lowest BCUT2D eigenvalue weighted by Gasteiger charge is -2.26. The van der Waals surface area contributed by atoms with Crippen LogP contribution >= 0.6 is 11.3 Å². The average molecular weight is 644 g/mol. The van der Waals surface area contributed by atoms with Gasteiger partial charge in [-0.25, -0.2) is 0 Å². The molecule has 0 atom stereocenters. The van der Waals surface area contributed by atoms with Crippen LogP contribution in [0.3, 0.4) is 0 Å². The van der Waals surface area contributed by atoms with Gasteiger partial charge in [0.2, 0.25) is 0 Å². The van der Waals surface area contributed by atoms with Gasteiger partial charge in [0.25, 0.3) is 0 Å². The van der Waals surface area contributed by atoms with Crippen molar-refractivity contribution in [2.45, 2.75) is 0 Å². The summed E-state index contributed by atoms with van der Waals surface area (Å²) in [6.45, 7) is 0. The molecule has 0 aliphatic rings. The Morgan fingerprint density at radius 1 is 0.347 bits per heavy atom. The number of anilines is 3. The number of benzene rings is 8. The van der Waals surface area contributed by atoms with Crippen LogP contribution in [-0.2, 0) is 0 Å². The van der Waals surface area contributed by atoms with Crippen molar-refractivity contribution in [2.24, 2.45) is 0 Å². The SMILES string of the molecule is c1cc(-c2ccc3oc4ccccc4c3c2)cc(N(c2ccc(-c3ccc4ccccc4c3)cc2)c2ccc3sc4ccccc4c3c2)c1. The molecule has 0 aliphatic carbocycles. The van der Waals surface area contributed by atoms with Crippen molar-refractivity contribution in [2.75, 3.05) is 4.90 Å². The molecule has 0 spiro atoms. The molecule has 2 heterocycles. The Labute approximate surface area is 287 Å².